The number of hydrogen-bond donors (Lipinski definition) is 2. The van der Waals surface area contributed by atoms with Crippen LogP contribution in [-0.4, -0.2) is 59.9 Å². The van der Waals surface area contributed by atoms with Gasteiger partial charge in [0, 0.05) is 6.54 Å². The third-order valence-corrected chi connectivity index (χ3v) is 5.41. The normalized spacial score (nSPS) is 16.0. The lowest BCUT2D eigenvalue weighted by atomic mass is 9.87. The molecule has 200 valence electrons. The average molecular weight is 523 g/mol. The lowest BCUT2D eigenvalue weighted by molar-refractivity contribution is -0.274. The van der Waals surface area contributed by atoms with Crippen molar-refractivity contribution >= 4 is 5.97 Å². The summed E-state index contributed by atoms with van der Waals surface area (Å²) in [4.78, 5) is 11.3. The van der Waals surface area contributed by atoms with Crippen molar-refractivity contribution in [2.45, 2.75) is 37.9 Å². The van der Waals surface area contributed by atoms with Crippen molar-refractivity contribution in [2.75, 3.05) is 26.2 Å². The van der Waals surface area contributed by atoms with Crippen molar-refractivity contribution in [1.29, 1.82) is 0 Å². The van der Waals surface area contributed by atoms with Crippen LogP contribution in [0, 0.1) is 5.92 Å². The van der Waals surface area contributed by atoms with Gasteiger partial charge >= 0.3 is 18.5 Å². The number of piperidine rings is 1. The van der Waals surface area contributed by atoms with Crippen LogP contribution in [0.3, 0.4) is 0 Å². The molecule has 0 radical (unpaired) electrons. The van der Waals surface area contributed by atoms with Crippen molar-refractivity contribution < 1.29 is 50.8 Å². The van der Waals surface area contributed by atoms with Gasteiger partial charge in [0.05, 0.1) is 12.7 Å². The summed E-state index contributed by atoms with van der Waals surface area (Å²) in [6.45, 7) is 3.27. The molecule has 0 spiro atoms. The van der Waals surface area contributed by atoms with E-state index in [2.05, 4.69) is 9.64 Å². The SMILES string of the molecule is O=C(O)C(F)(F)F.OC(c1ccccc1)C1CCN(CCCOc2ccc(OC(F)(F)F)cc2)CC1. The Labute approximate surface area is 204 Å². The minimum Gasteiger partial charge on any atom is -0.494 e. The predicted molar refractivity (Wildman–Crippen MR) is 117 cm³/mol. The monoisotopic (exact) mass is 523 g/mol. The van der Waals surface area contributed by atoms with Crippen LogP contribution in [0.1, 0.15) is 30.9 Å². The number of aliphatic carboxylic acids is 1. The van der Waals surface area contributed by atoms with E-state index in [1.54, 1.807) is 0 Å². The molecule has 3 rings (SSSR count). The second-order valence-electron chi connectivity index (χ2n) is 8.06. The van der Waals surface area contributed by atoms with E-state index in [0.717, 1.165) is 44.5 Å². The van der Waals surface area contributed by atoms with Gasteiger partial charge in [0.1, 0.15) is 11.5 Å². The van der Waals surface area contributed by atoms with Gasteiger partial charge in [-0.2, -0.15) is 13.2 Å². The van der Waals surface area contributed by atoms with E-state index in [4.69, 9.17) is 14.6 Å². The number of carboxylic acid groups (broad SMARTS) is 1. The summed E-state index contributed by atoms with van der Waals surface area (Å²) >= 11 is 0. The van der Waals surface area contributed by atoms with Crippen LogP contribution in [0.15, 0.2) is 54.6 Å². The third kappa shape index (κ3) is 10.7. The van der Waals surface area contributed by atoms with Crippen molar-refractivity contribution in [3.05, 3.63) is 60.2 Å². The Morgan fingerprint density at radius 2 is 1.47 bits per heavy atom. The zero-order valence-electron chi connectivity index (χ0n) is 19.1. The molecule has 2 aromatic carbocycles. The van der Waals surface area contributed by atoms with Gasteiger partial charge in [-0.3, -0.25) is 0 Å². The van der Waals surface area contributed by atoms with Crippen LogP contribution >= 0.6 is 0 Å². The van der Waals surface area contributed by atoms with Crippen LogP contribution < -0.4 is 9.47 Å². The molecule has 0 aromatic heterocycles. The number of carboxylic acids is 1. The summed E-state index contributed by atoms with van der Waals surface area (Å²) in [5.74, 6) is -2.22. The quantitative estimate of drug-likeness (QED) is 0.355. The zero-order valence-corrected chi connectivity index (χ0v) is 19.1. The number of alkyl halides is 6. The van der Waals surface area contributed by atoms with E-state index in [0.29, 0.717) is 12.4 Å². The summed E-state index contributed by atoms with van der Waals surface area (Å²) < 4.78 is 77.6. The van der Waals surface area contributed by atoms with Gasteiger partial charge in [-0.1, -0.05) is 30.3 Å². The molecule has 2 N–H and O–H groups in total. The fourth-order valence-corrected chi connectivity index (χ4v) is 3.63. The second-order valence-corrected chi connectivity index (χ2v) is 8.06. The Morgan fingerprint density at radius 3 is 1.97 bits per heavy atom. The molecular formula is C24H27F6NO5. The molecule has 1 aliphatic heterocycles. The maximum Gasteiger partial charge on any atom is 0.573 e. The van der Waals surface area contributed by atoms with E-state index in [-0.39, 0.29) is 11.7 Å². The Hall–Kier alpha value is -2.99. The van der Waals surface area contributed by atoms with E-state index >= 15 is 0 Å². The summed E-state index contributed by atoms with van der Waals surface area (Å²) in [6, 6.07) is 15.2. The number of likely N-dealkylation sites (tertiary alicyclic amines) is 1. The van der Waals surface area contributed by atoms with Crippen LogP contribution in [0.25, 0.3) is 0 Å². The van der Waals surface area contributed by atoms with E-state index < -0.39 is 24.6 Å². The molecule has 0 saturated carbocycles. The largest absolute Gasteiger partial charge is 0.573 e. The van der Waals surface area contributed by atoms with Gasteiger partial charge < -0.3 is 24.6 Å². The lowest BCUT2D eigenvalue weighted by Crippen LogP contribution is -2.36. The lowest BCUT2D eigenvalue weighted by Gasteiger charge is -2.34. The van der Waals surface area contributed by atoms with Gasteiger partial charge in [-0.05, 0) is 68.1 Å². The summed E-state index contributed by atoms with van der Waals surface area (Å²) in [7, 11) is 0. The first-order valence-corrected chi connectivity index (χ1v) is 11.1. The highest BCUT2D eigenvalue weighted by molar-refractivity contribution is 5.73. The minimum absolute atomic E-state index is 0.259. The van der Waals surface area contributed by atoms with Gasteiger partial charge in [-0.15, -0.1) is 13.2 Å². The van der Waals surface area contributed by atoms with Gasteiger partial charge in [0.2, 0.25) is 0 Å². The smallest absolute Gasteiger partial charge is 0.494 e. The maximum atomic E-state index is 12.1. The van der Waals surface area contributed by atoms with E-state index in [1.165, 1.54) is 24.3 Å². The Bertz CT molecular complexity index is 913. The highest BCUT2D eigenvalue weighted by Gasteiger charge is 2.38. The molecule has 1 unspecified atom stereocenters. The van der Waals surface area contributed by atoms with Crippen LogP contribution in [-0.2, 0) is 4.79 Å². The number of aliphatic hydroxyl groups is 1. The highest BCUT2D eigenvalue weighted by Crippen LogP contribution is 2.30. The first-order chi connectivity index (χ1) is 16.8. The molecule has 6 nitrogen and oxygen atoms in total. The van der Waals surface area contributed by atoms with Crippen LogP contribution in [0.2, 0.25) is 0 Å². The first kappa shape index (κ1) is 29.2. The Morgan fingerprint density at radius 1 is 0.944 bits per heavy atom. The zero-order chi connectivity index (χ0) is 26.8. The van der Waals surface area contributed by atoms with E-state index in [9.17, 15) is 31.4 Å². The third-order valence-electron chi connectivity index (χ3n) is 5.41. The summed E-state index contributed by atoms with van der Waals surface area (Å²) in [5.41, 5.74) is 0.978. The number of hydrogen-bond acceptors (Lipinski definition) is 5. The molecule has 1 heterocycles. The highest BCUT2D eigenvalue weighted by atomic mass is 19.4. The Kier molecular flexibility index (Phi) is 10.8. The molecule has 1 aliphatic rings. The number of benzene rings is 2. The van der Waals surface area contributed by atoms with Crippen molar-refractivity contribution in [3.8, 4) is 11.5 Å². The number of aliphatic hydroxyl groups excluding tert-OH is 1. The Balaban J connectivity index is 0.000000572. The molecule has 0 bridgehead atoms. The topological polar surface area (TPSA) is 79.2 Å². The number of ether oxygens (including phenoxy) is 2. The second kappa shape index (κ2) is 13.4. The van der Waals surface area contributed by atoms with Crippen molar-refractivity contribution in [1.82, 2.24) is 4.90 Å². The first-order valence-electron chi connectivity index (χ1n) is 11.1. The molecule has 36 heavy (non-hydrogen) atoms. The summed E-state index contributed by atoms with van der Waals surface area (Å²) in [6.07, 6.45) is -7.44. The molecule has 1 fully saturated rings. The number of nitrogens with zero attached hydrogens (tertiary/aromatic N) is 1. The number of halogens is 6. The molecule has 1 saturated heterocycles. The summed E-state index contributed by atoms with van der Waals surface area (Å²) in [5, 5.41) is 17.7. The predicted octanol–water partition coefficient (Wildman–Crippen LogP) is 5.43. The van der Waals surface area contributed by atoms with Gasteiger partial charge in [0.25, 0.3) is 0 Å². The number of rotatable bonds is 8. The number of carbonyl (C=O) groups is 1. The van der Waals surface area contributed by atoms with E-state index in [1.807, 2.05) is 30.3 Å². The average Bonchev–Trinajstić information content (AvgIpc) is 2.82. The molecule has 0 amide bonds. The van der Waals surface area contributed by atoms with Crippen molar-refractivity contribution in [2.24, 2.45) is 5.92 Å². The minimum atomic E-state index is -5.08. The molecule has 0 aliphatic carbocycles. The fraction of sp³-hybridized carbons (Fsp3) is 0.458. The molecular weight excluding hydrogens is 496 g/mol. The van der Waals surface area contributed by atoms with Gasteiger partial charge in [0.15, 0.2) is 0 Å². The maximum absolute atomic E-state index is 12.1. The van der Waals surface area contributed by atoms with Crippen molar-refractivity contribution in [3.63, 3.8) is 0 Å². The molecule has 1 atom stereocenters. The van der Waals surface area contributed by atoms with Crippen LogP contribution in [0.5, 0.6) is 11.5 Å². The molecule has 12 heteroatoms. The van der Waals surface area contributed by atoms with Crippen LogP contribution in [0.4, 0.5) is 26.3 Å². The fourth-order valence-electron chi connectivity index (χ4n) is 3.63. The molecule has 2 aromatic rings. The standard InChI is InChI=1S/C22H26F3NO3.C2HF3O2/c23-22(24,25)29-20-9-7-19(8-10-20)28-16-4-13-26-14-11-18(12-15-26)21(27)17-5-2-1-3-6-17;3-2(4,5)1(6)7/h1-3,5-10,18,21,27H,4,11-16H2;(H,6,7). The van der Waals surface area contributed by atoms with Gasteiger partial charge in [-0.25, -0.2) is 4.79 Å².